The molecule has 2 aromatic carbocycles. The number of benzene rings is 2. The van der Waals surface area contributed by atoms with Gasteiger partial charge in [-0.3, -0.25) is 4.79 Å². The van der Waals surface area contributed by atoms with Gasteiger partial charge in [0.25, 0.3) is 0 Å². The van der Waals surface area contributed by atoms with Crippen LogP contribution >= 0.6 is 0 Å². The van der Waals surface area contributed by atoms with Crippen LogP contribution in [0.1, 0.15) is 17.5 Å². The van der Waals surface area contributed by atoms with Gasteiger partial charge in [0.2, 0.25) is 12.7 Å². The number of rotatable bonds is 5. The lowest BCUT2D eigenvalue weighted by atomic mass is 10.1. The molecular formula is C17H16N2O5. The topological polar surface area (TPSA) is 100 Å². The standard InChI is InChI=1S/C17H16N2O5/c20-13-4-1-11(7-14(13)21)3-6-17(22)19-18-9-12-2-5-15-16(8-12)24-10-23-15/h1-2,4-5,7-9,20-21H,3,6,10H2,(H,19,22)/b18-9-. The van der Waals surface area contributed by atoms with E-state index in [0.29, 0.717) is 17.9 Å². The molecule has 1 aliphatic heterocycles. The average Bonchev–Trinajstić information content (AvgIpc) is 3.04. The van der Waals surface area contributed by atoms with Gasteiger partial charge in [0.1, 0.15) is 0 Å². The van der Waals surface area contributed by atoms with E-state index in [1.54, 1.807) is 18.2 Å². The normalized spacial score (nSPS) is 12.5. The Labute approximate surface area is 138 Å². The van der Waals surface area contributed by atoms with E-state index in [2.05, 4.69) is 10.5 Å². The molecule has 7 heteroatoms. The van der Waals surface area contributed by atoms with Crippen molar-refractivity contribution in [3.63, 3.8) is 0 Å². The van der Waals surface area contributed by atoms with E-state index in [0.717, 1.165) is 11.1 Å². The van der Waals surface area contributed by atoms with E-state index in [9.17, 15) is 15.0 Å². The molecule has 1 aliphatic rings. The second-order valence-corrected chi connectivity index (χ2v) is 5.23. The van der Waals surface area contributed by atoms with Gasteiger partial charge in [-0.2, -0.15) is 5.10 Å². The third-order valence-electron chi connectivity index (χ3n) is 3.48. The smallest absolute Gasteiger partial charge is 0.240 e. The summed E-state index contributed by atoms with van der Waals surface area (Å²) < 4.78 is 10.5. The molecule has 0 saturated heterocycles. The van der Waals surface area contributed by atoms with Gasteiger partial charge in [0, 0.05) is 6.42 Å². The van der Waals surface area contributed by atoms with E-state index in [-0.39, 0.29) is 30.6 Å². The number of hydrogen-bond acceptors (Lipinski definition) is 6. The molecule has 0 aliphatic carbocycles. The van der Waals surface area contributed by atoms with Crippen molar-refractivity contribution in [1.29, 1.82) is 0 Å². The van der Waals surface area contributed by atoms with E-state index < -0.39 is 0 Å². The van der Waals surface area contributed by atoms with Crippen molar-refractivity contribution >= 4 is 12.1 Å². The van der Waals surface area contributed by atoms with Crippen molar-refractivity contribution < 1.29 is 24.5 Å². The number of nitrogens with zero attached hydrogens (tertiary/aromatic N) is 1. The highest BCUT2D eigenvalue weighted by Crippen LogP contribution is 2.32. The lowest BCUT2D eigenvalue weighted by molar-refractivity contribution is -0.121. The number of nitrogens with one attached hydrogen (secondary N) is 1. The lowest BCUT2D eigenvalue weighted by Gasteiger charge is -2.03. The molecule has 0 fully saturated rings. The first-order valence-electron chi connectivity index (χ1n) is 7.34. The van der Waals surface area contributed by atoms with Crippen molar-refractivity contribution in [3.05, 3.63) is 47.5 Å². The first-order valence-corrected chi connectivity index (χ1v) is 7.34. The molecule has 7 nitrogen and oxygen atoms in total. The largest absolute Gasteiger partial charge is 0.504 e. The molecule has 2 aromatic rings. The van der Waals surface area contributed by atoms with Crippen LogP contribution in [0.2, 0.25) is 0 Å². The van der Waals surface area contributed by atoms with Gasteiger partial charge in [0.05, 0.1) is 6.21 Å². The van der Waals surface area contributed by atoms with Crippen molar-refractivity contribution in [3.8, 4) is 23.0 Å². The number of phenolic OH excluding ortho intramolecular Hbond substituents is 2. The Balaban J connectivity index is 1.49. The molecule has 0 aromatic heterocycles. The molecule has 24 heavy (non-hydrogen) atoms. The van der Waals surface area contributed by atoms with Crippen molar-refractivity contribution in [2.75, 3.05) is 6.79 Å². The number of hydrogen-bond donors (Lipinski definition) is 3. The van der Waals surface area contributed by atoms with E-state index >= 15 is 0 Å². The van der Waals surface area contributed by atoms with Gasteiger partial charge in [-0.25, -0.2) is 5.43 Å². The molecule has 0 unspecified atom stereocenters. The average molecular weight is 328 g/mol. The number of amides is 1. The summed E-state index contributed by atoms with van der Waals surface area (Å²) in [7, 11) is 0. The second kappa shape index (κ2) is 6.91. The number of carbonyl (C=O) groups excluding carboxylic acids is 1. The maximum atomic E-state index is 11.8. The highest BCUT2D eigenvalue weighted by Gasteiger charge is 2.12. The number of aryl methyl sites for hydroxylation is 1. The fourth-order valence-electron chi connectivity index (χ4n) is 2.21. The summed E-state index contributed by atoms with van der Waals surface area (Å²) in [6.07, 6.45) is 2.16. The summed E-state index contributed by atoms with van der Waals surface area (Å²) in [5.74, 6) is 0.704. The third kappa shape index (κ3) is 3.75. The minimum atomic E-state index is -0.250. The number of aromatic hydroxyl groups is 2. The summed E-state index contributed by atoms with van der Waals surface area (Å²) in [6, 6.07) is 9.83. The van der Waals surface area contributed by atoms with Crippen LogP contribution in [0.5, 0.6) is 23.0 Å². The maximum Gasteiger partial charge on any atom is 0.240 e. The Bertz CT molecular complexity index is 789. The molecule has 3 rings (SSSR count). The van der Waals surface area contributed by atoms with Crippen LogP contribution in [0, 0.1) is 0 Å². The van der Waals surface area contributed by atoms with Crippen LogP contribution < -0.4 is 14.9 Å². The summed E-state index contributed by atoms with van der Waals surface area (Å²) in [4.78, 5) is 11.8. The van der Waals surface area contributed by atoms with Gasteiger partial charge in [0.15, 0.2) is 23.0 Å². The van der Waals surface area contributed by atoms with Crippen LogP contribution in [0.4, 0.5) is 0 Å². The van der Waals surface area contributed by atoms with Gasteiger partial charge >= 0.3 is 0 Å². The Morgan fingerprint density at radius 2 is 1.96 bits per heavy atom. The third-order valence-corrected chi connectivity index (χ3v) is 3.48. The molecule has 3 N–H and O–H groups in total. The van der Waals surface area contributed by atoms with E-state index in [1.807, 2.05) is 6.07 Å². The SMILES string of the molecule is O=C(CCc1ccc(O)c(O)c1)N/N=C\c1ccc2c(c1)OCO2. The van der Waals surface area contributed by atoms with Crippen molar-refractivity contribution in [2.45, 2.75) is 12.8 Å². The quantitative estimate of drug-likeness (QED) is 0.442. The summed E-state index contributed by atoms with van der Waals surface area (Å²) in [5, 5.41) is 22.5. The van der Waals surface area contributed by atoms with Crippen LogP contribution in [0.25, 0.3) is 0 Å². The zero-order valence-corrected chi connectivity index (χ0v) is 12.7. The lowest BCUT2D eigenvalue weighted by Crippen LogP contribution is -2.17. The Morgan fingerprint density at radius 3 is 2.79 bits per heavy atom. The number of hydrazone groups is 1. The van der Waals surface area contributed by atoms with E-state index in [4.69, 9.17) is 9.47 Å². The van der Waals surface area contributed by atoms with Crippen molar-refractivity contribution in [1.82, 2.24) is 5.43 Å². The first kappa shape index (κ1) is 15.7. The predicted octanol–water partition coefficient (Wildman–Crippen LogP) is 1.91. The van der Waals surface area contributed by atoms with E-state index in [1.165, 1.54) is 18.3 Å². The molecule has 1 amide bonds. The van der Waals surface area contributed by atoms with Crippen molar-refractivity contribution in [2.24, 2.45) is 5.10 Å². The molecule has 0 spiro atoms. The molecular weight excluding hydrogens is 312 g/mol. The van der Waals surface area contributed by atoms with Gasteiger partial charge in [-0.15, -0.1) is 0 Å². The van der Waals surface area contributed by atoms with Crippen LogP contribution in [0.3, 0.4) is 0 Å². The number of phenols is 2. The number of fused-ring (bicyclic) bond motifs is 1. The van der Waals surface area contributed by atoms with Gasteiger partial charge < -0.3 is 19.7 Å². The second-order valence-electron chi connectivity index (χ2n) is 5.23. The summed E-state index contributed by atoms with van der Waals surface area (Å²) in [6.45, 7) is 0.208. The minimum absolute atomic E-state index is 0.184. The van der Waals surface area contributed by atoms with Gasteiger partial charge in [-0.1, -0.05) is 6.07 Å². The number of carbonyl (C=O) groups is 1. The van der Waals surface area contributed by atoms with Crippen LogP contribution in [0.15, 0.2) is 41.5 Å². The first-order chi connectivity index (χ1) is 11.6. The highest BCUT2D eigenvalue weighted by atomic mass is 16.7. The molecule has 1 heterocycles. The zero-order chi connectivity index (χ0) is 16.9. The Kier molecular flexibility index (Phi) is 4.51. The van der Waals surface area contributed by atoms with Crippen LogP contribution in [-0.2, 0) is 11.2 Å². The number of ether oxygens (including phenoxy) is 2. The zero-order valence-electron chi connectivity index (χ0n) is 12.7. The molecule has 0 saturated carbocycles. The Hall–Kier alpha value is -3.22. The summed E-state index contributed by atoms with van der Waals surface area (Å²) in [5.41, 5.74) is 3.97. The van der Waals surface area contributed by atoms with Crippen LogP contribution in [-0.4, -0.2) is 29.1 Å². The fourth-order valence-corrected chi connectivity index (χ4v) is 2.21. The highest BCUT2D eigenvalue weighted by molar-refractivity contribution is 5.83. The predicted molar refractivity (Wildman–Crippen MR) is 86.4 cm³/mol. The minimum Gasteiger partial charge on any atom is -0.504 e. The monoisotopic (exact) mass is 328 g/mol. The Morgan fingerprint density at radius 1 is 1.12 bits per heavy atom. The summed E-state index contributed by atoms with van der Waals surface area (Å²) >= 11 is 0. The molecule has 124 valence electrons. The van der Waals surface area contributed by atoms with Gasteiger partial charge in [-0.05, 0) is 47.9 Å². The molecule has 0 bridgehead atoms. The molecule has 0 atom stereocenters. The molecule has 0 radical (unpaired) electrons. The maximum absolute atomic E-state index is 11.8. The fraction of sp³-hybridized carbons (Fsp3) is 0.176.